The van der Waals surface area contributed by atoms with Gasteiger partial charge in [-0.25, -0.2) is 9.67 Å². The average Bonchev–Trinajstić information content (AvgIpc) is 3.09. The Morgan fingerprint density at radius 1 is 0.967 bits per heavy atom. The third-order valence-electron chi connectivity index (χ3n) is 4.88. The average molecular weight is 402 g/mol. The van der Waals surface area contributed by atoms with Crippen molar-refractivity contribution in [3.8, 4) is 22.6 Å². The van der Waals surface area contributed by atoms with Crippen LogP contribution in [0, 0.1) is 6.92 Å². The van der Waals surface area contributed by atoms with E-state index in [2.05, 4.69) is 15.4 Å². The van der Waals surface area contributed by atoms with Gasteiger partial charge < -0.3 is 14.8 Å². The number of ether oxygens (including phenoxy) is 2. The lowest BCUT2D eigenvalue weighted by Gasteiger charge is -2.08. The zero-order valence-electron chi connectivity index (χ0n) is 17.0. The summed E-state index contributed by atoms with van der Waals surface area (Å²) in [7, 11) is 3.25. The zero-order valence-corrected chi connectivity index (χ0v) is 17.0. The monoisotopic (exact) mass is 402 g/mol. The van der Waals surface area contributed by atoms with Crippen LogP contribution in [0.3, 0.4) is 0 Å². The quantitative estimate of drug-likeness (QED) is 0.526. The van der Waals surface area contributed by atoms with Gasteiger partial charge in [-0.2, -0.15) is 5.10 Å². The summed E-state index contributed by atoms with van der Waals surface area (Å²) in [6.45, 7) is 1.99. The lowest BCUT2D eigenvalue weighted by atomic mass is 10.0. The van der Waals surface area contributed by atoms with Gasteiger partial charge >= 0.3 is 0 Å². The number of fused-ring (bicyclic) bond motifs is 1. The van der Waals surface area contributed by atoms with Gasteiger partial charge in [0.1, 0.15) is 18.0 Å². The molecule has 0 unspecified atom stereocenters. The number of benzene rings is 2. The molecular formula is C23H22N4O3. The molecule has 1 N–H and O–H groups in total. The van der Waals surface area contributed by atoms with Crippen LogP contribution in [0.15, 0.2) is 60.8 Å². The number of anilines is 1. The SMILES string of the molecule is COc1ccc(NC(=O)Cn2nc(C)c3c(-c4ccc(OC)cc4)ccnc32)cc1. The number of carbonyl (C=O) groups is 1. The van der Waals surface area contributed by atoms with E-state index in [1.54, 1.807) is 49.4 Å². The summed E-state index contributed by atoms with van der Waals surface area (Å²) in [6.07, 6.45) is 1.74. The molecule has 2 aromatic heterocycles. The molecule has 0 aliphatic carbocycles. The molecule has 7 heteroatoms. The van der Waals surface area contributed by atoms with Gasteiger partial charge in [-0.3, -0.25) is 4.79 Å². The van der Waals surface area contributed by atoms with Crippen molar-refractivity contribution in [2.45, 2.75) is 13.5 Å². The number of pyridine rings is 1. The molecule has 0 saturated carbocycles. The van der Waals surface area contributed by atoms with E-state index in [4.69, 9.17) is 9.47 Å². The number of hydrogen-bond acceptors (Lipinski definition) is 5. The second-order valence-corrected chi connectivity index (χ2v) is 6.81. The maximum absolute atomic E-state index is 12.6. The van der Waals surface area contributed by atoms with Crippen LogP contribution < -0.4 is 14.8 Å². The van der Waals surface area contributed by atoms with Crippen LogP contribution in [0.5, 0.6) is 11.5 Å². The Morgan fingerprint density at radius 2 is 1.60 bits per heavy atom. The van der Waals surface area contributed by atoms with Gasteiger partial charge in [-0.05, 0) is 60.5 Å². The summed E-state index contributed by atoms with van der Waals surface area (Å²) in [6, 6.07) is 17.0. The highest BCUT2D eigenvalue weighted by Gasteiger charge is 2.16. The van der Waals surface area contributed by atoms with Crippen LogP contribution in [0.4, 0.5) is 5.69 Å². The molecule has 0 fully saturated rings. The Balaban J connectivity index is 1.61. The molecule has 4 rings (SSSR count). The van der Waals surface area contributed by atoms with Crippen molar-refractivity contribution in [2.24, 2.45) is 0 Å². The molecule has 2 heterocycles. The van der Waals surface area contributed by atoms with E-state index in [1.165, 1.54) is 0 Å². The number of nitrogens with one attached hydrogen (secondary N) is 1. The van der Waals surface area contributed by atoms with Gasteiger partial charge in [-0.1, -0.05) is 12.1 Å². The van der Waals surface area contributed by atoms with Crippen LogP contribution in [-0.4, -0.2) is 34.9 Å². The highest BCUT2D eigenvalue weighted by molar-refractivity contribution is 5.96. The molecule has 4 aromatic rings. The van der Waals surface area contributed by atoms with Crippen LogP contribution >= 0.6 is 0 Å². The van der Waals surface area contributed by atoms with Crippen molar-refractivity contribution < 1.29 is 14.3 Å². The van der Waals surface area contributed by atoms with E-state index in [0.717, 1.165) is 33.7 Å². The topological polar surface area (TPSA) is 78.3 Å². The third-order valence-corrected chi connectivity index (χ3v) is 4.88. The van der Waals surface area contributed by atoms with Gasteiger partial charge in [0.2, 0.25) is 5.91 Å². The molecule has 0 saturated heterocycles. The number of rotatable bonds is 6. The number of methoxy groups -OCH3 is 2. The van der Waals surface area contributed by atoms with Gasteiger partial charge in [0.05, 0.1) is 19.9 Å². The first-order valence-corrected chi connectivity index (χ1v) is 9.49. The molecule has 30 heavy (non-hydrogen) atoms. The highest BCUT2D eigenvalue weighted by Crippen LogP contribution is 2.30. The standard InChI is InChI=1S/C23H22N4O3/c1-15-22-20(16-4-8-18(29-2)9-5-16)12-13-24-23(22)27(26-15)14-21(28)25-17-6-10-19(30-3)11-7-17/h4-13H,14H2,1-3H3,(H,25,28). The van der Waals surface area contributed by atoms with Crippen molar-refractivity contribution in [3.63, 3.8) is 0 Å². The normalized spacial score (nSPS) is 10.8. The van der Waals surface area contributed by atoms with Gasteiger partial charge in [-0.15, -0.1) is 0 Å². The molecular weight excluding hydrogens is 380 g/mol. The summed E-state index contributed by atoms with van der Waals surface area (Å²) >= 11 is 0. The largest absolute Gasteiger partial charge is 0.497 e. The van der Waals surface area contributed by atoms with Crippen molar-refractivity contribution >= 4 is 22.6 Å². The summed E-state index contributed by atoms with van der Waals surface area (Å²) < 4.78 is 12.0. The second-order valence-electron chi connectivity index (χ2n) is 6.81. The van der Waals surface area contributed by atoms with Crippen molar-refractivity contribution in [3.05, 3.63) is 66.5 Å². The van der Waals surface area contributed by atoms with Crippen molar-refractivity contribution in [1.29, 1.82) is 0 Å². The molecule has 7 nitrogen and oxygen atoms in total. The highest BCUT2D eigenvalue weighted by atomic mass is 16.5. The molecule has 0 radical (unpaired) electrons. The van der Waals surface area contributed by atoms with Crippen LogP contribution in [-0.2, 0) is 11.3 Å². The van der Waals surface area contributed by atoms with Crippen molar-refractivity contribution in [1.82, 2.24) is 14.8 Å². The van der Waals surface area contributed by atoms with E-state index in [-0.39, 0.29) is 12.5 Å². The van der Waals surface area contributed by atoms with E-state index < -0.39 is 0 Å². The molecule has 0 aliphatic rings. The van der Waals surface area contributed by atoms with Crippen LogP contribution in [0.2, 0.25) is 0 Å². The molecule has 2 aromatic carbocycles. The molecule has 152 valence electrons. The fourth-order valence-electron chi connectivity index (χ4n) is 3.41. The number of aromatic nitrogens is 3. The van der Waals surface area contributed by atoms with Crippen LogP contribution in [0.25, 0.3) is 22.2 Å². The van der Waals surface area contributed by atoms with Crippen LogP contribution in [0.1, 0.15) is 5.69 Å². The minimum absolute atomic E-state index is 0.0649. The molecule has 1 amide bonds. The number of hydrogen-bond donors (Lipinski definition) is 1. The second kappa shape index (κ2) is 8.24. The number of carbonyl (C=O) groups excluding carboxylic acids is 1. The maximum Gasteiger partial charge on any atom is 0.246 e. The molecule has 0 bridgehead atoms. The predicted octanol–water partition coefficient (Wildman–Crippen LogP) is 4.06. The fourth-order valence-corrected chi connectivity index (χ4v) is 3.41. The minimum atomic E-state index is -0.179. The lowest BCUT2D eigenvalue weighted by Crippen LogP contribution is -2.19. The summed E-state index contributed by atoms with van der Waals surface area (Å²) in [5, 5.41) is 8.38. The third kappa shape index (κ3) is 3.82. The van der Waals surface area contributed by atoms with Gasteiger partial charge in [0, 0.05) is 17.3 Å². The molecule has 0 spiro atoms. The first-order valence-electron chi connectivity index (χ1n) is 9.49. The molecule has 0 atom stereocenters. The maximum atomic E-state index is 12.6. The Bertz CT molecular complexity index is 1180. The number of aryl methyl sites for hydroxylation is 1. The van der Waals surface area contributed by atoms with E-state index >= 15 is 0 Å². The Kier molecular flexibility index (Phi) is 5.34. The predicted molar refractivity (Wildman–Crippen MR) is 116 cm³/mol. The van der Waals surface area contributed by atoms with Gasteiger partial charge in [0.15, 0.2) is 5.65 Å². The zero-order chi connectivity index (χ0) is 21.1. The Morgan fingerprint density at radius 3 is 2.23 bits per heavy atom. The Labute approximate surface area is 174 Å². The lowest BCUT2D eigenvalue weighted by molar-refractivity contribution is -0.116. The first kappa shape index (κ1) is 19.4. The summed E-state index contributed by atoms with van der Waals surface area (Å²) in [5.74, 6) is 1.35. The van der Waals surface area contributed by atoms with E-state index in [0.29, 0.717) is 11.3 Å². The van der Waals surface area contributed by atoms with E-state index in [1.807, 2.05) is 37.3 Å². The van der Waals surface area contributed by atoms with Crippen molar-refractivity contribution in [2.75, 3.05) is 19.5 Å². The summed E-state index contributed by atoms with van der Waals surface area (Å²) in [4.78, 5) is 17.1. The molecule has 0 aliphatic heterocycles. The smallest absolute Gasteiger partial charge is 0.246 e. The number of amides is 1. The van der Waals surface area contributed by atoms with E-state index in [9.17, 15) is 4.79 Å². The van der Waals surface area contributed by atoms with Gasteiger partial charge in [0.25, 0.3) is 0 Å². The minimum Gasteiger partial charge on any atom is -0.497 e. The fraction of sp³-hybridized carbons (Fsp3) is 0.174. The Hall–Kier alpha value is -3.87. The summed E-state index contributed by atoms with van der Waals surface area (Å²) in [5.41, 5.74) is 4.24. The first-order chi connectivity index (χ1) is 14.6. The number of nitrogens with zero attached hydrogens (tertiary/aromatic N) is 3.